The number of nitrogens with zero attached hydrogens (tertiary/aromatic N) is 1. The molecule has 0 fully saturated rings. The van der Waals surface area contributed by atoms with E-state index in [9.17, 15) is 4.79 Å². The number of aliphatic imine (C=N–C) groups is 1. The molecule has 3 aromatic carbocycles. The van der Waals surface area contributed by atoms with E-state index in [4.69, 9.17) is 9.47 Å². The van der Waals surface area contributed by atoms with E-state index < -0.39 is 5.97 Å². The van der Waals surface area contributed by atoms with Gasteiger partial charge >= 0.3 is 5.97 Å². The molecule has 0 N–H and O–H groups in total. The number of rotatable bonds is 3. The second-order valence-electron chi connectivity index (χ2n) is 5.67. The van der Waals surface area contributed by atoms with Crippen LogP contribution in [0.25, 0.3) is 16.8 Å². The molecule has 4 nitrogen and oxygen atoms in total. The third-order valence-electron chi connectivity index (χ3n) is 4.01. The number of carbonyl (C=O) groups is 1. The van der Waals surface area contributed by atoms with Crippen molar-refractivity contribution in [2.24, 2.45) is 4.99 Å². The van der Waals surface area contributed by atoms with Crippen molar-refractivity contribution in [3.63, 3.8) is 0 Å². The highest BCUT2D eigenvalue weighted by atomic mass is 16.6. The lowest BCUT2D eigenvalue weighted by atomic mass is 10.1. The molecule has 3 aromatic rings. The SMILES string of the molecule is COc1cccc(/C=C2\N=C(c3ccc4ccccc4c3)OC2=O)c1. The van der Waals surface area contributed by atoms with Crippen molar-refractivity contribution in [3.8, 4) is 5.75 Å². The first-order chi connectivity index (χ1) is 12.2. The highest BCUT2D eigenvalue weighted by molar-refractivity contribution is 6.13. The van der Waals surface area contributed by atoms with Gasteiger partial charge in [-0.1, -0.05) is 42.5 Å². The van der Waals surface area contributed by atoms with E-state index in [1.54, 1.807) is 13.2 Å². The predicted molar refractivity (Wildman–Crippen MR) is 97.5 cm³/mol. The standard InChI is InChI=1S/C21H15NO3/c1-24-18-8-4-5-14(11-18)12-19-21(23)25-20(22-19)17-10-9-15-6-2-3-7-16(15)13-17/h2-13H,1H3/b19-12-. The summed E-state index contributed by atoms with van der Waals surface area (Å²) in [5, 5.41) is 2.20. The minimum atomic E-state index is -0.453. The first-order valence-electron chi connectivity index (χ1n) is 7.89. The minimum absolute atomic E-state index is 0.274. The van der Waals surface area contributed by atoms with Crippen molar-refractivity contribution in [3.05, 3.63) is 83.6 Å². The molecule has 0 amide bonds. The molecule has 0 radical (unpaired) electrons. The van der Waals surface area contributed by atoms with Crippen LogP contribution in [0.15, 0.2) is 77.4 Å². The predicted octanol–water partition coefficient (Wildman–Crippen LogP) is 4.19. The Morgan fingerprint density at radius 3 is 2.64 bits per heavy atom. The summed E-state index contributed by atoms with van der Waals surface area (Å²) in [6, 6.07) is 21.3. The molecule has 4 rings (SSSR count). The number of carbonyl (C=O) groups excluding carboxylic acids is 1. The van der Waals surface area contributed by atoms with E-state index in [0.717, 1.165) is 27.6 Å². The molecule has 0 saturated carbocycles. The van der Waals surface area contributed by atoms with Gasteiger partial charge in [0.15, 0.2) is 5.70 Å². The van der Waals surface area contributed by atoms with Crippen LogP contribution in [0.3, 0.4) is 0 Å². The third kappa shape index (κ3) is 3.02. The Kier molecular flexibility index (Phi) is 3.78. The molecule has 0 spiro atoms. The highest BCUT2D eigenvalue weighted by Gasteiger charge is 2.24. The molecular formula is C21H15NO3. The number of fused-ring (bicyclic) bond motifs is 1. The van der Waals surface area contributed by atoms with Crippen LogP contribution in [0.4, 0.5) is 0 Å². The second kappa shape index (κ2) is 6.24. The van der Waals surface area contributed by atoms with Gasteiger partial charge in [0, 0.05) is 5.56 Å². The Balaban J connectivity index is 1.70. The fourth-order valence-electron chi connectivity index (χ4n) is 2.74. The van der Waals surface area contributed by atoms with Gasteiger partial charge in [0.05, 0.1) is 7.11 Å². The zero-order valence-corrected chi connectivity index (χ0v) is 13.6. The molecule has 0 saturated heterocycles. The third-order valence-corrected chi connectivity index (χ3v) is 4.01. The van der Waals surface area contributed by atoms with Gasteiger partial charge in [0.1, 0.15) is 5.75 Å². The number of hydrogen-bond acceptors (Lipinski definition) is 4. The molecule has 0 unspecified atom stereocenters. The van der Waals surface area contributed by atoms with E-state index in [1.807, 2.05) is 66.7 Å². The van der Waals surface area contributed by atoms with Crippen molar-refractivity contribution in [2.45, 2.75) is 0 Å². The molecule has 1 heterocycles. The molecule has 25 heavy (non-hydrogen) atoms. The quantitative estimate of drug-likeness (QED) is 0.535. The lowest BCUT2D eigenvalue weighted by Gasteiger charge is -2.02. The van der Waals surface area contributed by atoms with E-state index >= 15 is 0 Å². The number of cyclic esters (lactones) is 1. The highest BCUT2D eigenvalue weighted by Crippen LogP contribution is 2.23. The number of methoxy groups -OCH3 is 1. The van der Waals surface area contributed by atoms with Gasteiger partial charge in [-0.15, -0.1) is 0 Å². The van der Waals surface area contributed by atoms with Gasteiger partial charge in [0.2, 0.25) is 5.90 Å². The summed E-state index contributed by atoms with van der Waals surface area (Å²) in [7, 11) is 1.60. The normalized spacial score (nSPS) is 15.3. The second-order valence-corrected chi connectivity index (χ2v) is 5.67. The number of benzene rings is 3. The Hall–Kier alpha value is -3.40. The average Bonchev–Trinajstić information content (AvgIpc) is 3.02. The van der Waals surface area contributed by atoms with E-state index in [-0.39, 0.29) is 5.70 Å². The van der Waals surface area contributed by atoms with Crippen molar-refractivity contribution >= 4 is 28.7 Å². The van der Waals surface area contributed by atoms with Crippen molar-refractivity contribution < 1.29 is 14.3 Å². The summed E-state index contributed by atoms with van der Waals surface area (Å²) >= 11 is 0. The van der Waals surface area contributed by atoms with Crippen LogP contribution in [0.2, 0.25) is 0 Å². The molecule has 1 aliphatic rings. The first-order valence-corrected chi connectivity index (χ1v) is 7.89. The number of ether oxygens (including phenoxy) is 2. The Labute approximate surface area is 145 Å². The zero-order valence-electron chi connectivity index (χ0n) is 13.6. The van der Waals surface area contributed by atoms with Crippen LogP contribution >= 0.6 is 0 Å². The molecule has 122 valence electrons. The topological polar surface area (TPSA) is 47.9 Å². The molecule has 0 aromatic heterocycles. The number of esters is 1. The monoisotopic (exact) mass is 329 g/mol. The molecule has 0 bridgehead atoms. The summed E-state index contributed by atoms with van der Waals surface area (Å²) in [5.41, 5.74) is 1.88. The van der Waals surface area contributed by atoms with Crippen LogP contribution in [-0.4, -0.2) is 19.0 Å². The molecule has 4 heteroatoms. The van der Waals surface area contributed by atoms with Crippen LogP contribution in [0.5, 0.6) is 5.75 Å². The summed E-state index contributed by atoms with van der Waals surface area (Å²) in [6.45, 7) is 0. The van der Waals surface area contributed by atoms with Gasteiger partial charge in [-0.2, -0.15) is 0 Å². The largest absolute Gasteiger partial charge is 0.497 e. The smallest absolute Gasteiger partial charge is 0.363 e. The van der Waals surface area contributed by atoms with Gasteiger partial charge in [0.25, 0.3) is 0 Å². The van der Waals surface area contributed by atoms with Gasteiger partial charge in [-0.05, 0) is 46.7 Å². The molecule has 1 aliphatic heterocycles. The number of hydrogen-bond donors (Lipinski definition) is 0. The summed E-state index contributed by atoms with van der Waals surface area (Å²) < 4.78 is 10.5. The van der Waals surface area contributed by atoms with Crippen LogP contribution in [0, 0.1) is 0 Å². The minimum Gasteiger partial charge on any atom is -0.497 e. The van der Waals surface area contributed by atoms with Crippen LogP contribution in [-0.2, 0) is 9.53 Å². The van der Waals surface area contributed by atoms with Gasteiger partial charge in [-0.25, -0.2) is 9.79 Å². The maximum Gasteiger partial charge on any atom is 0.363 e. The maximum atomic E-state index is 12.1. The van der Waals surface area contributed by atoms with Crippen LogP contribution < -0.4 is 4.74 Å². The summed E-state index contributed by atoms with van der Waals surface area (Å²) in [6.07, 6.45) is 1.69. The Morgan fingerprint density at radius 2 is 1.80 bits per heavy atom. The zero-order chi connectivity index (χ0) is 17.2. The summed E-state index contributed by atoms with van der Waals surface area (Å²) in [4.78, 5) is 16.5. The lowest BCUT2D eigenvalue weighted by molar-refractivity contribution is -0.129. The van der Waals surface area contributed by atoms with Crippen molar-refractivity contribution in [1.29, 1.82) is 0 Å². The van der Waals surface area contributed by atoms with Gasteiger partial charge < -0.3 is 9.47 Å². The maximum absolute atomic E-state index is 12.1. The van der Waals surface area contributed by atoms with E-state index in [0.29, 0.717) is 5.90 Å². The van der Waals surface area contributed by atoms with Crippen molar-refractivity contribution in [2.75, 3.05) is 7.11 Å². The first kappa shape index (κ1) is 15.1. The molecular weight excluding hydrogens is 314 g/mol. The Bertz CT molecular complexity index is 1030. The average molecular weight is 329 g/mol. The lowest BCUT2D eigenvalue weighted by Crippen LogP contribution is -2.05. The molecule has 0 aliphatic carbocycles. The van der Waals surface area contributed by atoms with E-state index in [1.165, 1.54) is 0 Å². The van der Waals surface area contributed by atoms with E-state index in [2.05, 4.69) is 4.99 Å². The van der Waals surface area contributed by atoms with Crippen molar-refractivity contribution in [1.82, 2.24) is 0 Å². The van der Waals surface area contributed by atoms with Crippen LogP contribution in [0.1, 0.15) is 11.1 Å². The Morgan fingerprint density at radius 1 is 0.960 bits per heavy atom. The fourth-order valence-corrected chi connectivity index (χ4v) is 2.74. The molecule has 0 atom stereocenters. The fraction of sp³-hybridized carbons (Fsp3) is 0.0476. The summed E-state index contributed by atoms with van der Waals surface area (Å²) in [5.74, 6) is 0.593. The van der Waals surface area contributed by atoms with Gasteiger partial charge in [-0.3, -0.25) is 0 Å².